The first kappa shape index (κ1) is 17.7. The number of halogens is 1. The fourth-order valence-corrected chi connectivity index (χ4v) is 3.29. The minimum absolute atomic E-state index is 0.0828. The van der Waals surface area contributed by atoms with Gasteiger partial charge in [-0.05, 0) is 17.8 Å². The molecule has 1 heterocycles. The molecule has 0 aromatic carbocycles. The molecule has 1 saturated heterocycles. The number of alkyl halides is 1. The van der Waals surface area contributed by atoms with Gasteiger partial charge in [0.05, 0.1) is 19.3 Å². The van der Waals surface area contributed by atoms with Crippen LogP contribution in [0.15, 0.2) is 0 Å². The Morgan fingerprint density at radius 3 is 2.50 bits per heavy atom. The van der Waals surface area contributed by atoms with Gasteiger partial charge in [-0.3, -0.25) is 0 Å². The van der Waals surface area contributed by atoms with Crippen LogP contribution in [0.4, 0.5) is 0 Å². The molecule has 0 bridgehead atoms. The maximum absolute atomic E-state index is 11.9. The van der Waals surface area contributed by atoms with Crippen LogP contribution in [0.1, 0.15) is 40.5 Å². The molecular weight excluding hydrogens is 280 g/mol. The third kappa shape index (κ3) is 3.46. The molecule has 0 aliphatic carbocycles. The van der Waals surface area contributed by atoms with Crippen LogP contribution in [0.25, 0.3) is 0 Å². The van der Waals surface area contributed by atoms with Crippen LogP contribution in [0, 0.1) is 17.8 Å². The fraction of sp³-hybridized carbons (Fsp3) is 0.933. The molecule has 0 radical (unpaired) electrons. The molecule has 0 N–H and O–H groups in total. The molecule has 1 aliphatic heterocycles. The van der Waals surface area contributed by atoms with Crippen molar-refractivity contribution < 1.29 is 19.0 Å². The molecule has 0 saturated carbocycles. The van der Waals surface area contributed by atoms with E-state index >= 15 is 0 Å². The van der Waals surface area contributed by atoms with Gasteiger partial charge in [-0.25, -0.2) is 4.79 Å². The predicted octanol–water partition coefficient (Wildman–Crippen LogP) is 3.22. The molecule has 0 spiro atoms. The van der Waals surface area contributed by atoms with E-state index in [4.69, 9.17) is 25.8 Å². The zero-order valence-electron chi connectivity index (χ0n) is 13.3. The number of rotatable bonds is 5. The summed E-state index contributed by atoms with van der Waals surface area (Å²) in [6, 6.07) is 0. The van der Waals surface area contributed by atoms with E-state index in [-0.39, 0.29) is 24.0 Å². The summed E-state index contributed by atoms with van der Waals surface area (Å²) in [6.07, 6.45) is 1.14. The lowest BCUT2D eigenvalue weighted by molar-refractivity contribution is -0.203. The van der Waals surface area contributed by atoms with E-state index < -0.39 is 11.0 Å². The van der Waals surface area contributed by atoms with Gasteiger partial charge in [0.1, 0.15) is 0 Å². The lowest BCUT2D eigenvalue weighted by Crippen LogP contribution is -2.55. The average molecular weight is 307 g/mol. The number of hydrogen-bond acceptors (Lipinski definition) is 4. The number of methoxy groups -OCH3 is 2. The van der Waals surface area contributed by atoms with E-state index in [2.05, 4.69) is 27.7 Å². The predicted molar refractivity (Wildman–Crippen MR) is 78.7 cm³/mol. The Morgan fingerprint density at radius 2 is 2.05 bits per heavy atom. The monoisotopic (exact) mass is 306 g/mol. The van der Waals surface area contributed by atoms with Crippen molar-refractivity contribution in [3.63, 3.8) is 0 Å². The summed E-state index contributed by atoms with van der Waals surface area (Å²) in [6.45, 7) is 8.44. The van der Waals surface area contributed by atoms with Crippen molar-refractivity contribution >= 4 is 17.6 Å². The molecular formula is C15H27ClO4. The molecule has 1 aliphatic rings. The largest absolute Gasteiger partial charge is 0.466 e. The Balaban J connectivity index is 3.01. The average Bonchev–Trinajstić information content (AvgIpc) is 2.43. The van der Waals surface area contributed by atoms with E-state index in [0.29, 0.717) is 12.3 Å². The molecule has 0 amide bonds. The minimum Gasteiger partial charge on any atom is -0.466 e. The van der Waals surface area contributed by atoms with E-state index in [1.165, 1.54) is 7.11 Å². The standard InChI is InChI=1S/C15H27ClO4/c1-7-9(2)12(18-5)13-11(4)10(3)8-15(16,20-13)14(17)19-6/h9-13H,7-8H2,1-6H3. The van der Waals surface area contributed by atoms with Crippen LogP contribution in [0.3, 0.4) is 0 Å². The quantitative estimate of drug-likeness (QED) is 0.578. The van der Waals surface area contributed by atoms with Gasteiger partial charge in [0.25, 0.3) is 0 Å². The summed E-state index contributed by atoms with van der Waals surface area (Å²) in [7, 11) is 3.01. The van der Waals surface area contributed by atoms with Crippen LogP contribution in [-0.4, -0.2) is 37.5 Å². The zero-order chi connectivity index (χ0) is 15.5. The van der Waals surface area contributed by atoms with E-state index in [1.54, 1.807) is 7.11 Å². The summed E-state index contributed by atoms with van der Waals surface area (Å²) in [5.41, 5.74) is 0. The molecule has 5 heteroatoms. The highest BCUT2D eigenvalue weighted by Crippen LogP contribution is 2.42. The second-order valence-electron chi connectivity index (χ2n) is 5.93. The SMILES string of the molecule is CCC(C)C(OC)C1OC(Cl)(C(=O)OC)CC(C)C1C. The van der Waals surface area contributed by atoms with Gasteiger partial charge in [-0.2, -0.15) is 0 Å². The van der Waals surface area contributed by atoms with Crippen molar-refractivity contribution in [2.75, 3.05) is 14.2 Å². The lowest BCUT2D eigenvalue weighted by atomic mass is 9.78. The number of carbonyl (C=O) groups excluding carboxylic acids is 1. The van der Waals surface area contributed by atoms with Crippen molar-refractivity contribution in [3.8, 4) is 0 Å². The second-order valence-corrected chi connectivity index (χ2v) is 6.54. The second kappa shape index (κ2) is 7.10. The Morgan fingerprint density at radius 1 is 1.45 bits per heavy atom. The first-order valence-corrected chi connectivity index (χ1v) is 7.66. The van der Waals surface area contributed by atoms with E-state index in [1.807, 2.05) is 0 Å². The normalized spacial score (nSPS) is 37.2. The summed E-state index contributed by atoms with van der Waals surface area (Å²) in [5.74, 6) is 0.329. The Bertz CT molecular complexity index is 336. The van der Waals surface area contributed by atoms with Crippen LogP contribution in [0.5, 0.6) is 0 Å². The molecule has 0 aromatic rings. The first-order valence-electron chi connectivity index (χ1n) is 7.28. The number of esters is 1. The van der Waals surface area contributed by atoms with Crippen LogP contribution >= 0.6 is 11.6 Å². The van der Waals surface area contributed by atoms with Gasteiger partial charge >= 0.3 is 5.97 Å². The molecule has 0 aromatic heterocycles. The van der Waals surface area contributed by atoms with E-state index in [9.17, 15) is 4.79 Å². The maximum Gasteiger partial charge on any atom is 0.354 e. The van der Waals surface area contributed by atoms with Crippen molar-refractivity contribution in [2.24, 2.45) is 17.8 Å². The number of carbonyl (C=O) groups is 1. The Kier molecular flexibility index (Phi) is 6.29. The van der Waals surface area contributed by atoms with Crippen molar-refractivity contribution in [3.05, 3.63) is 0 Å². The van der Waals surface area contributed by atoms with Gasteiger partial charge in [-0.15, -0.1) is 0 Å². The summed E-state index contributed by atoms with van der Waals surface area (Å²) >= 11 is 6.38. The van der Waals surface area contributed by atoms with Gasteiger partial charge in [-0.1, -0.05) is 45.7 Å². The lowest BCUT2D eigenvalue weighted by Gasteiger charge is -2.45. The summed E-state index contributed by atoms with van der Waals surface area (Å²) < 4.78 is 16.4. The topological polar surface area (TPSA) is 44.8 Å². The van der Waals surface area contributed by atoms with Crippen molar-refractivity contribution in [2.45, 2.75) is 57.8 Å². The molecule has 118 valence electrons. The molecule has 6 atom stereocenters. The molecule has 1 fully saturated rings. The smallest absolute Gasteiger partial charge is 0.354 e. The first-order chi connectivity index (χ1) is 9.30. The zero-order valence-corrected chi connectivity index (χ0v) is 14.1. The van der Waals surface area contributed by atoms with Gasteiger partial charge < -0.3 is 14.2 Å². The van der Waals surface area contributed by atoms with E-state index in [0.717, 1.165) is 6.42 Å². The highest BCUT2D eigenvalue weighted by Gasteiger charge is 2.51. The highest BCUT2D eigenvalue weighted by atomic mass is 35.5. The number of ether oxygens (including phenoxy) is 3. The summed E-state index contributed by atoms with van der Waals surface area (Å²) in [5, 5.41) is -1.39. The molecule has 6 unspecified atom stereocenters. The van der Waals surface area contributed by atoms with Gasteiger partial charge in [0.2, 0.25) is 5.06 Å². The Labute approximate surface area is 127 Å². The third-order valence-electron chi connectivity index (χ3n) is 4.61. The fourth-order valence-electron chi connectivity index (χ4n) is 2.87. The van der Waals surface area contributed by atoms with Crippen molar-refractivity contribution in [1.82, 2.24) is 0 Å². The van der Waals surface area contributed by atoms with Crippen LogP contribution < -0.4 is 0 Å². The maximum atomic E-state index is 11.9. The van der Waals surface area contributed by atoms with Crippen LogP contribution in [0.2, 0.25) is 0 Å². The Hall–Kier alpha value is -0.320. The minimum atomic E-state index is -1.39. The summed E-state index contributed by atoms with van der Waals surface area (Å²) in [4.78, 5) is 11.9. The van der Waals surface area contributed by atoms with Gasteiger partial charge in [0.15, 0.2) is 0 Å². The highest BCUT2D eigenvalue weighted by molar-refractivity contribution is 6.32. The van der Waals surface area contributed by atoms with Crippen molar-refractivity contribution in [1.29, 1.82) is 0 Å². The van der Waals surface area contributed by atoms with Gasteiger partial charge in [0, 0.05) is 13.5 Å². The number of hydrogen-bond donors (Lipinski definition) is 0. The molecule has 4 nitrogen and oxygen atoms in total. The molecule has 20 heavy (non-hydrogen) atoms. The van der Waals surface area contributed by atoms with Crippen LogP contribution in [-0.2, 0) is 19.0 Å². The molecule has 1 rings (SSSR count). The third-order valence-corrected chi connectivity index (χ3v) is 5.01.